The van der Waals surface area contributed by atoms with Crippen LogP contribution < -0.4 is 0 Å². The van der Waals surface area contributed by atoms with Gasteiger partial charge in [0.15, 0.2) is 0 Å². The second-order valence-electron chi connectivity index (χ2n) is 7.15. The van der Waals surface area contributed by atoms with Gasteiger partial charge in [-0.1, -0.05) is 39.0 Å². The number of hydrogen-bond donors (Lipinski definition) is 0. The Bertz CT molecular complexity index is 760. The van der Waals surface area contributed by atoms with E-state index in [0.29, 0.717) is 18.7 Å². The van der Waals surface area contributed by atoms with Crippen molar-refractivity contribution in [2.24, 2.45) is 0 Å². The van der Waals surface area contributed by atoms with Gasteiger partial charge in [0, 0.05) is 10.4 Å². The van der Waals surface area contributed by atoms with E-state index >= 15 is 0 Å². The van der Waals surface area contributed by atoms with E-state index in [2.05, 4.69) is 26.8 Å². The number of nitrogens with zero attached hydrogens (tertiary/aromatic N) is 1. The highest BCUT2D eigenvalue weighted by Gasteiger charge is 2.20. The molecule has 0 atom stereocenters. The van der Waals surface area contributed by atoms with E-state index in [-0.39, 0.29) is 11.3 Å². The molecule has 1 aromatic carbocycles. The molecule has 0 aliphatic carbocycles. The smallest absolute Gasteiger partial charge is 0.254 e. The molecule has 2 heterocycles. The molecule has 0 radical (unpaired) electrons. The number of hydrogen-bond acceptors (Lipinski definition) is 3. The van der Waals surface area contributed by atoms with Gasteiger partial charge >= 0.3 is 0 Å². The summed E-state index contributed by atoms with van der Waals surface area (Å²) in [6.45, 7) is 7.56. The van der Waals surface area contributed by atoms with Crippen molar-refractivity contribution in [3.8, 4) is 0 Å². The van der Waals surface area contributed by atoms with Crippen LogP contribution in [0, 0.1) is 0 Å². The standard InChI is InChI=1S/C21H23NO2S/c1-21(2,3)17-10-8-16(9-11-17)20(23)22(14-18-6-4-12-24-18)15-19-7-5-13-25-19/h4-13H,14-15H2,1-3H3. The maximum Gasteiger partial charge on any atom is 0.254 e. The first kappa shape index (κ1) is 17.5. The molecule has 0 spiro atoms. The predicted octanol–water partition coefficient (Wildman–Crippen LogP) is 5.48. The van der Waals surface area contributed by atoms with Crippen LogP contribution in [0.4, 0.5) is 0 Å². The molecule has 0 bridgehead atoms. The second-order valence-corrected chi connectivity index (χ2v) is 8.18. The SMILES string of the molecule is CC(C)(C)c1ccc(C(=O)N(Cc2ccco2)Cc2cccs2)cc1. The number of furan rings is 1. The van der Waals surface area contributed by atoms with Gasteiger partial charge in [0.1, 0.15) is 5.76 Å². The number of amides is 1. The van der Waals surface area contributed by atoms with Crippen LogP contribution in [0.1, 0.15) is 47.3 Å². The van der Waals surface area contributed by atoms with Crippen LogP contribution in [0.3, 0.4) is 0 Å². The summed E-state index contributed by atoms with van der Waals surface area (Å²) in [7, 11) is 0. The van der Waals surface area contributed by atoms with E-state index in [1.165, 1.54) is 5.56 Å². The summed E-state index contributed by atoms with van der Waals surface area (Å²) in [6.07, 6.45) is 1.64. The molecule has 0 fully saturated rings. The van der Waals surface area contributed by atoms with Crippen molar-refractivity contribution in [2.45, 2.75) is 39.3 Å². The van der Waals surface area contributed by atoms with Gasteiger partial charge in [-0.2, -0.15) is 0 Å². The van der Waals surface area contributed by atoms with E-state index in [9.17, 15) is 4.79 Å². The zero-order valence-electron chi connectivity index (χ0n) is 14.9. The Kier molecular flexibility index (Phi) is 5.09. The second kappa shape index (κ2) is 7.28. The first-order chi connectivity index (χ1) is 11.9. The Morgan fingerprint density at radius 1 is 1.04 bits per heavy atom. The molecule has 3 nitrogen and oxygen atoms in total. The van der Waals surface area contributed by atoms with Crippen molar-refractivity contribution in [2.75, 3.05) is 0 Å². The number of rotatable bonds is 5. The molecule has 4 heteroatoms. The zero-order valence-corrected chi connectivity index (χ0v) is 15.7. The van der Waals surface area contributed by atoms with Gasteiger partial charge in [-0.05, 0) is 46.7 Å². The summed E-state index contributed by atoms with van der Waals surface area (Å²) < 4.78 is 5.44. The molecule has 0 N–H and O–H groups in total. The molecular formula is C21H23NO2S. The van der Waals surface area contributed by atoms with Crippen molar-refractivity contribution in [3.05, 3.63) is 81.9 Å². The van der Waals surface area contributed by atoms with Gasteiger partial charge in [0.2, 0.25) is 0 Å². The third-order valence-electron chi connectivity index (χ3n) is 4.14. The summed E-state index contributed by atoms with van der Waals surface area (Å²) in [5.41, 5.74) is 2.00. The molecular weight excluding hydrogens is 330 g/mol. The maximum absolute atomic E-state index is 13.0. The van der Waals surface area contributed by atoms with Crippen LogP contribution in [0.25, 0.3) is 0 Å². The van der Waals surface area contributed by atoms with E-state index in [0.717, 1.165) is 10.6 Å². The Morgan fingerprint density at radius 3 is 2.36 bits per heavy atom. The van der Waals surface area contributed by atoms with Crippen molar-refractivity contribution >= 4 is 17.2 Å². The van der Waals surface area contributed by atoms with Crippen molar-refractivity contribution in [3.63, 3.8) is 0 Å². The molecule has 3 rings (SSSR count). The van der Waals surface area contributed by atoms with Gasteiger partial charge < -0.3 is 9.32 Å². The van der Waals surface area contributed by atoms with Crippen LogP contribution in [-0.2, 0) is 18.5 Å². The molecule has 0 aliphatic heterocycles. The van der Waals surface area contributed by atoms with Crippen molar-refractivity contribution in [1.29, 1.82) is 0 Å². The normalized spacial score (nSPS) is 11.5. The highest BCUT2D eigenvalue weighted by Crippen LogP contribution is 2.23. The minimum Gasteiger partial charge on any atom is -0.467 e. The quantitative estimate of drug-likeness (QED) is 0.608. The van der Waals surface area contributed by atoms with E-state index in [1.54, 1.807) is 17.6 Å². The van der Waals surface area contributed by atoms with Gasteiger partial charge in [-0.25, -0.2) is 0 Å². The molecule has 2 aromatic heterocycles. The fourth-order valence-electron chi connectivity index (χ4n) is 2.68. The molecule has 3 aromatic rings. The first-order valence-electron chi connectivity index (χ1n) is 8.38. The lowest BCUT2D eigenvalue weighted by Crippen LogP contribution is -2.29. The first-order valence-corrected chi connectivity index (χ1v) is 9.26. The van der Waals surface area contributed by atoms with Crippen molar-refractivity contribution < 1.29 is 9.21 Å². The van der Waals surface area contributed by atoms with Crippen LogP contribution >= 0.6 is 11.3 Å². The van der Waals surface area contributed by atoms with E-state index in [4.69, 9.17) is 4.42 Å². The van der Waals surface area contributed by atoms with E-state index in [1.807, 2.05) is 52.7 Å². The zero-order chi connectivity index (χ0) is 17.9. The summed E-state index contributed by atoms with van der Waals surface area (Å²) in [5, 5.41) is 2.03. The van der Waals surface area contributed by atoms with Crippen LogP contribution in [0.5, 0.6) is 0 Å². The minimum absolute atomic E-state index is 0.0188. The average Bonchev–Trinajstić information content (AvgIpc) is 3.27. The van der Waals surface area contributed by atoms with Gasteiger partial charge in [0.05, 0.1) is 19.4 Å². The lowest BCUT2D eigenvalue weighted by Gasteiger charge is -2.23. The summed E-state index contributed by atoms with van der Waals surface area (Å²) >= 11 is 1.66. The predicted molar refractivity (Wildman–Crippen MR) is 102 cm³/mol. The summed E-state index contributed by atoms with van der Waals surface area (Å²) in [4.78, 5) is 16.0. The van der Waals surface area contributed by atoms with Crippen LogP contribution in [0.15, 0.2) is 64.6 Å². The molecule has 0 saturated heterocycles. The van der Waals surface area contributed by atoms with Crippen LogP contribution in [0.2, 0.25) is 0 Å². The number of carbonyl (C=O) groups excluding carboxylic acids is 1. The van der Waals surface area contributed by atoms with E-state index < -0.39 is 0 Å². The highest BCUT2D eigenvalue weighted by molar-refractivity contribution is 7.09. The Labute approximate surface area is 152 Å². The number of benzene rings is 1. The van der Waals surface area contributed by atoms with Crippen LogP contribution in [-0.4, -0.2) is 10.8 Å². The summed E-state index contributed by atoms with van der Waals surface area (Å²) in [5.74, 6) is 0.807. The van der Waals surface area contributed by atoms with Crippen molar-refractivity contribution in [1.82, 2.24) is 4.90 Å². The molecule has 130 valence electrons. The third-order valence-corrected chi connectivity index (χ3v) is 5.00. The average molecular weight is 353 g/mol. The third kappa shape index (κ3) is 4.40. The largest absolute Gasteiger partial charge is 0.467 e. The minimum atomic E-state index is 0.0188. The number of carbonyl (C=O) groups is 1. The van der Waals surface area contributed by atoms with Gasteiger partial charge in [0.25, 0.3) is 5.91 Å². The fourth-order valence-corrected chi connectivity index (χ4v) is 3.40. The monoisotopic (exact) mass is 353 g/mol. The topological polar surface area (TPSA) is 33.5 Å². The Balaban J connectivity index is 1.82. The molecule has 1 amide bonds. The Morgan fingerprint density at radius 2 is 1.80 bits per heavy atom. The fraction of sp³-hybridized carbons (Fsp3) is 0.286. The molecule has 0 saturated carbocycles. The maximum atomic E-state index is 13.0. The lowest BCUT2D eigenvalue weighted by molar-refractivity contribution is 0.0719. The van der Waals surface area contributed by atoms with Gasteiger partial charge in [-0.3, -0.25) is 4.79 Å². The summed E-state index contributed by atoms with van der Waals surface area (Å²) in [6, 6.07) is 15.7. The molecule has 0 unspecified atom stereocenters. The lowest BCUT2D eigenvalue weighted by atomic mass is 9.86. The molecule has 0 aliphatic rings. The highest BCUT2D eigenvalue weighted by atomic mass is 32.1. The van der Waals surface area contributed by atoms with Gasteiger partial charge in [-0.15, -0.1) is 11.3 Å². The molecule has 25 heavy (non-hydrogen) atoms. The Hall–Kier alpha value is -2.33. The number of thiophene rings is 1.